The number of likely N-dealkylation sites (N-methyl/N-ethyl adjacent to an activating group) is 1. The Kier molecular flexibility index (Phi) is 8.15. The van der Waals surface area contributed by atoms with Crippen LogP contribution in [0.5, 0.6) is 5.75 Å². The molecule has 3 fully saturated rings. The Labute approximate surface area is 238 Å². The van der Waals surface area contributed by atoms with Crippen molar-refractivity contribution in [2.24, 2.45) is 5.92 Å². The van der Waals surface area contributed by atoms with Crippen molar-refractivity contribution in [2.75, 3.05) is 33.8 Å². The summed E-state index contributed by atoms with van der Waals surface area (Å²) >= 11 is 5.09. The van der Waals surface area contributed by atoms with Gasteiger partial charge in [0.05, 0.1) is 5.60 Å². The Morgan fingerprint density at radius 3 is 2.74 bits per heavy atom. The Morgan fingerprint density at radius 2 is 2.05 bits per heavy atom. The van der Waals surface area contributed by atoms with Crippen molar-refractivity contribution >= 4 is 45.2 Å². The van der Waals surface area contributed by atoms with Gasteiger partial charge in [0.1, 0.15) is 5.75 Å². The van der Waals surface area contributed by atoms with Crippen LogP contribution in [0.3, 0.4) is 0 Å². The monoisotopic (exact) mass is 600 g/mol. The van der Waals surface area contributed by atoms with E-state index >= 15 is 0 Å². The van der Waals surface area contributed by atoms with Gasteiger partial charge in [-0.15, -0.1) is 11.3 Å². The third kappa shape index (κ3) is 5.64. The Bertz CT molecular complexity index is 1210. The summed E-state index contributed by atoms with van der Waals surface area (Å²) in [7, 11) is 3.77. The maximum absolute atomic E-state index is 13.3. The van der Waals surface area contributed by atoms with Gasteiger partial charge in [0.25, 0.3) is 0 Å². The van der Waals surface area contributed by atoms with Crippen LogP contribution in [0.2, 0.25) is 0 Å². The fraction of sp³-hybridized carbons (Fsp3) is 0.533. The lowest BCUT2D eigenvalue weighted by Crippen LogP contribution is -2.68. The maximum Gasteiger partial charge on any atom is 0.308 e. The highest BCUT2D eigenvalue weighted by Gasteiger charge is 2.59. The number of fused-ring (bicyclic) bond motifs is 1. The molecule has 8 heteroatoms. The van der Waals surface area contributed by atoms with E-state index in [1.807, 2.05) is 54.8 Å². The van der Waals surface area contributed by atoms with E-state index in [4.69, 9.17) is 9.47 Å². The molecule has 0 bridgehead atoms. The van der Waals surface area contributed by atoms with E-state index in [-0.39, 0.29) is 28.9 Å². The molecule has 5 rings (SSSR count). The van der Waals surface area contributed by atoms with Gasteiger partial charge in [-0.1, -0.05) is 12.1 Å². The van der Waals surface area contributed by atoms with Crippen molar-refractivity contribution < 1.29 is 19.1 Å². The Morgan fingerprint density at radius 1 is 1.24 bits per heavy atom. The number of benzene rings is 1. The van der Waals surface area contributed by atoms with Crippen LogP contribution in [0.1, 0.15) is 55.9 Å². The summed E-state index contributed by atoms with van der Waals surface area (Å²) in [5.41, 5.74) is 0.473. The normalized spacial score (nSPS) is 27.7. The number of halogens is 1. The van der Waals surface area contributed by atoms with E-state index in [9.17, 15) is 9.59 Å². The zero-order chi connectivity index (χ0) is 26.9. The minimum atomic E-state index is -0.367. The van der Waals surface area contributed by atoms with Crippen molar-refractivity contribution in [3.05, 3.63) is 56.7 Å². The minimum absolute atomic E-state index is 0.0134. The van der Waals surface area contributed by atoms with Crippen LogP contribution in [0.4, 0.5) is 0 Å². The van der Waals surface area contributed by atoms with Crippen molar-refractivity contribution in [1.82, 2.24) is 9.80 Å². The summed E-state index contributed by atoms with van der Waals surface area (Å²) in [4.78, 5) is 30.5. The highest BCUT2D eigenvalue weighted by molar-refractivity contribution is 9.10. The van der Waals surface area contributed by atoms with Crippen molar-refractivity contribution in [2.45, 2.75) is 62.5 Å². The number of hydrogen-bond acceptors (Lipinski definition) is 6. The maximum atomic E-state index is 13.3. The van der Waals surface area contributed by atoms with E-state index in [1.165, 1.54) is 19.8 Å². The molecule has 0 radical (unpaired) electrons. The highest BCUT2D eigenvalue weighted by atomic mass is 79.9. The summed E-state index contributed by atoms with van der Waals surface area (Å²) < 4.78 is 13.0. The first kappa shape index (κ1) is 27.6. The summed E-state index contributed by atoms with van der Waals surface area (Å²) in [6, 6.07) is 10.1. The molecule has 1 aromatic carbocycles. The highest BCUT2D eigenvalue weighted by Crippen LogP contribution is 2.54. The molecule has 2 heterocycles. The molecule has 3 atom stereocenters. The molecule has 38 heavy (non-hydrogen) atoms. The lowest BCUT2D eigenvalue weighted by atomic mass is 9.55. The first-order chi connectivity index (χ1) is 18.2. The molecule has 0 spiro atoms. The van der Waals surface area contributed by atoms with Crippen molar-refractivity contribution in [1.29, 1.82) is 0 Å². The number of piperidine rings is 1. The summed E-state index contributed by atoms with van der Waals surface area (Å²) in [5, 5.41) is 2.02. The lowest BCUT2D eigenvalue weighted by molar-refractivity contribution is -0.159. The Balaban J connectivity index is 1.44. The van der Waals surface area contributed by atoms with Gasteiger partial charge in [-0.05, 0) is 96.8 Å². The van der Waals surface area contributed by atoms with Crippen LogP contribution in [-0.2, 0) is 19.7 Å². The summed E-state index contributed by atoms with van der Waals surface area (Å²) in [6.07, 6.45) is 9.74. The third-order valence-corrected chi connectivity index (χ3v) is 10.5. The van der Waals surface area contributed by atoms with Gasteiger partial charge in [0.15, 0.2) is 0 Å². The van der Waals surface area contributed by atoms with Crippen LogP contribution in [0.15, 0.2) is 46.3 Å². The number of hydrogen-bond donors (Lipinski definition) is 0. The molecule has 204 valence electrons. The first-order valence-corrected chi connectivity index (χ1v) is 15.2. The second kappa shape index (κ2) is 11.2. The minimum Gasteiger partial charge on any atom is -0.427 e. The molecular weight excluding hydrogens is 564 g/mol. The van der Waals surface area contributed by atoms with Crippen LogP contribution < -0.4 is 4.74 Å². The predicted octanol–water partition coefficient (Wildman–Crippen LogP) is 5.90. The average Bonchev–Trinajstić information content (AvgIpc) is 3.63. The second-order valence-electron chi connectivity index (χ2n) is 11.2. The van der Waals surface area contributed by atoms with Crippen LogP contribution >= 0.6 is 27.3 Å². The number of methoxy groups -OCH3 is 1. The van der Waals surface area contributed by atoms with Gasteiger partial charge >= 0.3 is 5.97 Å². The molecule has 0 unspecified atom stereocenters. The standard InChI is InChI=1S/C30H37BrN2O4S/c1-21(34)37-26-6-4-5-23(15-26)29-13-14-33(18-22-7-8-22)20-30(29,36-3)12-11-25(17-29)32(2)28(35)10-9-27-16-24(31)19-38-27/h4-6,9-10,15-16,19,22,25H,7-8,11-14,17-18,20H2,1-3H3/b10-9+/t25-,29+,30+/m1/s1. The summed E-state index contributed by atoms with van der Waals surface area (Å²) in [6.45, 7) is 4.45. The predicted molar refractivity (Wildman–Crippen MR) is 154 cm³/mol. The molecule has 2 saturated carbocycles. The number of likely N-dealkylation sites (tertiary alicyclic amines) is 1. The quantitative estimate of drug-likeness (QED) is 0.214. The van der Waals surface area contributed by atoms with Gasteiger partial charge in [-0.25, -0.2) is 0 Å². The molecule has 1 amide bonds. The van der Waals surface area contributed by atoms with Gasteiger partial charge < -0.3 is 19.3 Å². The van der Waals surface area contributed by atoms with Crippen LogP contribution in [0, 0.1) is 5.92 Å². The zero-order valence-corrected chi connectivity index (χ0v) is 24.9. The number of ether oxygens (including phenoxy) is 2. The third-order valence-electron chi connectivity index (χ3n) is 8.80. The number of amides is 1. The van der Waals surface area contributed by atoms with E-state index in [2.05, 4.69) is 26.9 Å². The molecule has 1 aliphatic heterocycles. The topological polar surface area (TPSA) is 59.1 Å². The number of carbonyl (C=O) groups is 2. The number of nitrogens with zero attached hydrogens (tertiary/aromatic N) is 2. The molecule has 2 aromatic rings. The van der Waals surface area contributed by atoms with E-state index in [0.29, 0.717) is 5.75 Å². The van der Waals surface area contributed by atoms with Crippen molar-refractivity contribution in [3.8, 4) is 5.75 Å². The SMILES string of the molecule is CO[C@]12CC[C@@H](N(C)C(=O)/C=C/c3cc(Br)cs3)C[C@]1(c1cccc(OC(C)=O)c1)CCN(CC1CC1)C2. The van der Waals surface area contributed by atoms with E-state index < -0.39 is 0 Å². The second-order valence-corrected chi connectivity index (χ2v) is 13.0. The number of esters is 1. The van der Waals surface area contributed by atoms with Crippen LogP contribution in [-0.4, -0.2) is 67.1 Å². The smallest absolute Gasteiger partial charge is 0.308 e. The average molecular weight is 602 g/mol. The molecule has 1 saturated heterocycles. The Hall–Kier alpha value is -2.00. The number of carbonyl (C=O) groups excluding carboxylic acids is 2. The van der Waals surface area contributed by atoms with Gasteiger partial charge in [-0.2, -0.15) is 0 Å². The lowest BCUT2D eigenvalue weighted by Gasteiger charge is -2.60. The van der Waals surface area contributed by atoms with Crippen molar-refractivity contribution in [3.63, 3.8) is 0 Å². The number of thiophene rings is 1. The molecule has 2 aliphatic carbocycles. The fourth-order valence-electron chi connectivity index (χ4n) is 6.61. The zero-order valence-electron chi connectivity index (χ0n) is 22.5. The first-order valence-electron chi connectivity index (χ1n) is 13.5. The van der Waals surface area contributed by atoms with Gasteiger partial charge in [0.2, 0.25) is 5.91 Å². The van der Waals surface area contributed by atoms with E-state index in [0.717, 1.165) is 66.1 Å². The summed E-state index contributed by atoms with van der Waals surface area (Å²) in [5.74, 6) is 1.07. The molecule has 0 N–H and O–H groups in total. The molecule has 1 aromatic heterocycles. The van der Waals surface area contributed by atoms with Gasteiger partial charge in [0, 0.05) is 66.4 Å². The van der Waals surface area contributed by atoms with E-state index in [1.54, 1.807) is 17.4 Å². The molecule has 6 nitrogen and oxygen atoms in total. The van der Waals surface area contributed by atoms with Crippen LogP contribution in [0.25, 0.3) is 6.08 Å². The fourth-order valence-corrected chi connectivity index (χ4v) is 7.94. The molecule has 3 aliphatic rings. The number of rotatable bonds is 8. The molecular formula is C30H37BrN2O4S. The largest absolute Gasteiger partial charge is 0.427 e. The van der Waals surface area contributed by atoms with Gasteiger partial charge in [-0.3, -0.25) is 9.59 Å².